The van der Waals surface area contributed by atoms with Gasteiger partial charge < -0.3 is 13.7 Å². The lowest BCUT2D eigenvalue weighted by atomic mass is 10.00. The van der Waals surface area contributed by atoms with Crippen molar-refractivity contribution in [1.29, 1.82) is 0 Å². The molecule has 1 unspecified atom stereocenters. The fourth-order valence-electron chi connectivity index (χ4n) is 3.12. The van der Waals surface area contributed by atoms with E-state index in [1.54, 1.807) is 18.2 Å². The van der Waals surface area contributed by atoms with Gasteiger partial charge in [-0.2, -0.15) is 0 Å². The van der Waals surface area contributed by atoms with Crippen LogP contribution in [0.4, 0.5) is 0 Å². The van der Waals surface area contributed by atoms with E-state index in [0.717, 1.165) is 31.5 Å². The molecule has 0 aromatic carbocycles. The Kier molecular flexibility index (Phi) is 4.94. The molecule has 5 nitrogen and oxygen atoms in total. The summed E-state index contributed by atoms with van der Waals surface area (Å²) in [5.41, 5.74) is 1.41. The third-order valence-electron chi connectivity index (χ3n) is 4.16. The molecule has 3 rings (SSSR count). The van der Waals surface area contributed by atoms with Crippen molar-refractivity contribution in [2.75, 3.05) is 0 Å². The summed E-state index contributed by atoms with van der Waals surface area (Å²) >= 11 is 3.22. The van der Waals surface area contributed by atoms with Gasteiger partial charge in [-0.05, 0) is 66.9 Å². The molecule has 128 valence electrons. The van der Waals surface area contributed by atoms with Crippen molar-refractivity contribution >= 4 is 27.7 Å². The maximum Gasteiger partial charge on any atom is 0.315 e. The lowest BCUT2D eigenvalue weighted by molar-refractivity contribution is -0.149. The summed E-state index contributed by atoms with van der Waals surface area (Å²) in [5.74, 6) is -0.427. The van der Waals surface area contributed by atoms with E-state index in [0.29, 0.717) is 10.4 Å². The number of hydrogen-bond donors (Lipinski definition) is 0. The van der Waals surface area contributed by atoms with Crippen LogP contribution in [0.2, 0.25) is 0 Å². The van der Waals surface area contributed by atoms with Crippen LogP contribution >= 0.6 is 15.9 Å². The molecule has 2 aromatic rings. The van der Waals surface area contributed by atoms with Gasteiger partial charge in [0.05, 0.1) is 17.7 Å². The van der Waals surface area contributed by atoms with Crippen LogP contribution in [-0.4, -0.2) is 22.4 Å². The van der Waals surface area contributed by atoms with Gasteiger partial charge in [-0.25, -0.2) is 0 Å². The van der Waals surface area contributed by atoms with Crippen LogP contribution in [0.1, 0.15) is 61.0 Å². The molecule has 0 bridgehead atoms. The fraction of sp³-hybridized carbons (Fsp3) is 0.444. The molecule has 0 N–H and O–H groups in total. The number of hydrogen-bond acceptors (Lipinski definition) is 4. The molecule has 2 aromatic heterocycles. The van der Waals surface area contributed by atoms with Gasteiger partial charge in [0.15, 0.2) is 10.4 Å². The van der Waals surface area contributed by atoms with E-state index >= 15 is 0 Å². The Morgan fingerprint density at radius 1 is 1.25 bits per heavy atom. The minimum atomic E-state index is -0.320. The lowest BCUT2D eigenvalue weighted by Crippen LogP contribution is -2.21. The van der Waals surface area contributed by atoms with Gasteiger partial charge in [0.1, 0.15) is 0 Å². The van der Waals surface area contributed by atoms with Crippen LogP contribution in [0.15, 0.2) is 33.4 Å². The van der Waals surface area contributed by atoms with Crippen LogP contribution in [0, 0.1) is 0 Å². The second-order valence-corrected chi connectivity index (χ2v) is 7.04. The van der Waals surface area contributed by atoms with Gasteiger partial charge in [-0.1, -0.05) is 6.42 Å². The van der Waals surface area contributed by atoms with Gasteiger partial charge >= 0.3 is 5.97 Å². The van der Waals surface area contributed by atoms with Crippen LogP contribution in [0.25, 0.3) is 0 Å². The highest BCUT2D eigenvalue weighted by molar-refractivity contribution is 9.10. The molecule has 0 spiro atoms. The van der Waals surface area contributed by atoms with E-state index in [9.17, 15) is 9.59 Å². The Balaban J connectivity index is 1.94. The third kappa shape index (κ3) is 3.34. The number of nitrogens with zero attached hydrogens (tertiary/aromatic N) is 1. The Bertz CT molecular complexity index is 759. The maximum absolute atomic E-state index is 12.7. The molecule has 1 atom stereocenters. The first-order valence-corrected chi connectivity index (χ1v) is 8.96. The molecule has 1 aliphatic rings. The predicted octanol–water partition coefficient (Wildman–Crippen LogP) is 4.29. The molecule has 0 aliphatic carbocycles. The second kappa shape index (κ2) is 6.97. The molecule has 0 saturated heterocycles. The van der Waals surface area contributed by atoms with Gasteiger partial charge in [0, 0.05) is 12.2 Å². The molecule has 6 heteroatoms. The Morgan fingerprint density at radius 3 is 2.71 bits per heavy atom. The standard InChI is InChI=1S/C18H20BrNO4/c1-11(2)23-18(22)12-5-3-4-10-20-13(12)6-7-14(20)17(21)15-8-9-16(19)24-15/h6-9,11-12H,3-5,10H2,1-2H3. The molecule has 0 fully saturated rings. The fourth-order valence-corrected chi connectivity index (χ4v) is 3.42. The zero-order valence-corrected chi connectivity index (χ0v) is 15.3. The minimum Gasteiger partial charge on any atom is -0.462 e. The van der Waals surface area contributed by atoms with Crippen molar-refractivity contribution in [2.45, 2.75) is 51.7 Å². The summed E-state index contributed by atoms with van der Waals surface area (Å²) in [6, 6.07) is 6.98. The van der Waals surface area contributed by atoms with Crippen molar-refractivity contribution in [2.24, 2.45) is 0 Å². The van der Waals surface area contributed by atoms with E-state index in [1.807, 2.05) is 24.5 Å². The van der Waals surface area contributed by atoms with E-state index in [-0.39, 0.29) is 29.5 Å². The summed E-state index contributed by atoms with van der Waals surface area (Å²) in [7, 11) is 0. The third-order valence-corrected chi connectivity index (χ3v) is 4.59. The normalized spacial score (nSPS) is 17.4. The number of carbonyl (C=O) groups excluding carboxylic acids is 2. The number of aromatic nitrogens is 1. The van der Waals surface area contributed by atoms with E-state index in [2.05, 4.69) is 15.9 Å². The van der Waals surface area contributed by atoms with Crippen molar-refractivity contribution in [3.05, 3.63) is 46.1 Å². The minimum absolute atomic E-state index is 0.147. The summed E-state index contributed by atoms with van der Waals surface area (Å²) < 4.78 is 13.2. The van der Waals surface area contributed by atoms with Crippen molar-refractivity contribution in [3.8, 4) is 0 Å². The molecule has 0 saturated carbocycles. The number of ether oxygens (including phenoxy) is 1. The van der Waals surface area contributed by atoms with Gasteiger partial charge in [-0.3, -0.25) is 9.59 Å². The topological polar surface area (TPSA) is 61.4 Å². The summed E-state index contributed by atoms with van der Waals surface area (Å²) in [4.78, 5) is 25.1. The van der Waals surface area contributed by atoms with Gasteiger partial charge in [0.25, 0.3) is 0 Å². The zero-order valence-electron chi connectivity index (χ0n) is 13.8. The molecule has 0 amide bonds. The lowest BCUT2D eigenvalue weighted by Gasteiger charge is -2.17. The number of esters is 1. The highest BCUT2D eigenvalue weighted by atomic mass is 79.9. The molecule has 3 heterocycles. The Labute approximate surface area is 149 Å². The number of ketones is 1. The number of fused-ring (bicyclic) bond motifs is 1. The highest BCUT2D eigenvalue weighted by Crippen LogP contribution is 2.31. The van der Waals surface area contributed by atoms with E-state index in [1.165, 1.54) is 0 Å². The first-order chi connectivity index (χ1) is 11.5. The SMILES string of the molecule is CC(C)OC(=O)C1CCCCn2c(C(=O)c3ccc(Br)o3)ccc21. The quantitative estimate of drug-likeness (QED) is 0.573. The van der Waals surface area contributed by atoms with Gasteiger partial charge in [0.2, 0.25) is 5.78 Å². The van der Waals surface area contributed by atoms with Crippen LogP contribution in [-0.2, 0) is 16.1 Å². The van der Waals surface area contributed by atoms with E-state index in [4.69, 9.17) is 9.15 Å². The second-order valence-electron chi connectivity index (χ2n) is 6.26. The van der Waals surface area contributed by atoms with Crippen LogP contribution in [0.5, 0.6) is 0 Å². The van der Waals surface area contributed by atoms with Crippen molar-refractivity contribution in [3.63, 3.8) is 0 Å². The van der Waals surface area contributed by atoms with Crippen molar-refractivity contribution < 1.29 is 18.7 Å². The molecular formula is C18H20BrNO4. The average molecular weight is 394 g/mol. The highest BCUT2D eigenvalue weighted by Gasteiger charge is 2.30. The first-order valence-electron chi connectivity index (χ1n) is 8.17. The van der Waals surface area contributed by atoms with Crippen LogP contribution in [0.3, 0.4) is 0 Å². The predicted molar refractivity (Wildman–Crippen MR) is 92.1 cm³/mol. The molecular weight excluding hydrogens is 374 g/mol. The van der Waals surface area contributed by atoms with Crippen LogP contribution < -0.4 is 0 Å². The first kappa shape index (κ1) is 17.0. The Morgan fingerprint density at radius 2 is 2.04 bits per heavy atom. The number of carbonyl (C=O) groups is 2. The monoisotopic (exact) mass is 393 g/mol. The average Bonchev–Trinajstić information content (AvgIpc) is 3.07. The number of rotatable bonds is 4. The maximum atomic E-state index is 12.7. The molecule has 0 radical (unpaired) electrons. The summed E-state index contributed by atoms with van der Waals surface area (Å²) in [5, 5.41) is 0. The summed E-state index contributed by atoms with van der Waals surface area (Å²) in [6.45, 7) is 4.41. The molecule has 24 heavy (non-hydrogen) atoms. The van der Waals surface area contributed by atoms with Gasteiger partial charge in [-0.15, -0.1) is 0 Å². The van der Waals surface area contributed by atoms with Crippen molar-refractivity contribution in [1.82, 2.24) is 4.57 Å². The number of halogens is 1. The van der Waals surface area contributed by atoms with E-state index < -0.39 is 0 Å². The largest absolute Gasteiger partial charge is 0.462 e. The zero-order chi connectivity index (χ0) is 17.3. The Hall–Kier alpha value is -1.82. The smallest absolute Gasteiger partial charge is 0.315 e. The molecule has 1 aliphatic heterocycles. The number of furan rings is 1. The summed E-state index contributed by atoms with van der Waals surface area (Å²) in [6.07, 6.45) is 2.45.